The van der Waals surface area contributed by atoms with Crippen molar-refractivity contribution in [2.75, 3.05) is 33.5 Å². The first-order valence-electron chi connectivity index (χ1n) is 6.53. The first-order chi connectivity index (χ1) is 8.04. The fraction of sp³-hybridized carbons (Fsp3) is 1.00. The van der Waals surface area contributed by atoms with Crippen LogP contribution in [0.25, 0.3) is 0 Å². The molecule has 0 saturated heterocycles. The molecule has 0 radical (unpaired) electrons. The lowest BCUT2D eigenvalue weighted by Crippen LogP contribution is -2.43. The molecular formula is C13H29NO3. The van der Waals surface area contributed by atoms with E-state index in [1.807, 2.05) is 27.8 Å². The van der Waals surface area contributed by atoms with E-state index in [0.29, 0.717) is 13.2 Å². The molecule has 4 nitrogen and oxygen atoms in total. The van der Waals surface area contributed by atoms with Crippen LogP contribution in [-0.4, -0.2) is 50.2 Å². The van der Waals surface area contributed by atoms with Gasteiger partial charge in [-0.05, 0) is 47.1 Å². The van der Waals surface area contributed by atoms with Gasteiger partial charge in [0.2, 0.25) is 0 Å². The molecule has 0 aromatic rings. The number of rotatable bonds is 11. The van der Waals surface area contributed by atoms with Gasteiger partial charge in [-0.15, -0.1) is 0 Å². The van der Waals surface area contributed by atoms with Gasteiger partial charge in [0.1, 0.15) is 0 Å². The lowest BCUT2D eigenvalue weighted by molar-refractivity contribution is 0.0182. The first-order valence-corrected chi connectivity index (χ1v) is 6.53. The van der Waals surface area contributed by atoms with Crippen LogP contribution in [0.5, 0.6) is 0 Å². The average Bonchev–Trinajstić information content (AvgIpc) is 2.32. The van der Waals surface area contributed by atoms with E-state index in [1.54, 1.807) is 0 Å². The van der Waals surface area contributed by atoms with Gasteiger partial charge in [-0.2, -0.15) is 0 Å². The Morgan fingerprint density at radius 1 is 1.18 bits per heavy atom. The van der Waals surface area contributed by atoms with Crippen molar-refractivity contribution in [2.45, 2.75) is 51.7 Å². The number of ether oxygens (including phenoxy) is 2. The summed E-state index contributed by atoms with van der Waals surface area (Å²) in [5.74, 6) is 0. The van der Waals surface area contributed by atoms with Crippen LogP contribution in [0.3, 0.4) is 0 Å². The highest BCUT2D eigenvalue weighted by Crippen LogP contribution is 2.12. The van der Waals surface area contributed by atoms with Gasteiger partial charge in [-0.1, -0.05) is 0 Å². The quantitative estimate of drug-likeness (QED) is 0.544. The molecular weight excluding hydrogens is 218 g/mol. The van der Waals surface area contributed by atoms with E-state index in [1.165, 1.54) is 0 Å². The van der Waals surface area contributed by atoms with Crippen molar-refractivity contribution in [2.24, 2.45) is 0 Å². The van der Waals surface area contributed by atoms with E-state index >= 15 is 0 Å². The van der Waals surface area contributed by atoms with Crippen molar-refractivity contribution in [1.29, 1.82) is 0 Å². The molecule has 0 fully saturated rings. The van der Waals surface area contributed by atoms with Gasteiger partial charge in [0.05, 0.1) is 25.9 Å². The highest BCUT2D eigenvalue weighted by atomic mass is 16.5. The van der Waals surface area contributed by atoms with Crippen LogP contribution in [-0.2, 0) is 9.47 Å². The molecule has 0 aromatic carbocycles. The van der Waals surface area contributed by atoms with Gasteiger partial charge in [-0.25, -0.2) is 0 Å². The second-order valence-corrected chi connectivity index (χ2v) is 4.96. The summed E-state index contributed by atoms with van der Waals surface area (Å²) in [6.45, 7) is 8.36. The molecule has 0 amide bonds. The zero-order valence-corrected chi connectivity index (χ0v) is 11.8. The van der Waals surface area contributed by atoms with E-state index in [4.69, 9.17) is 9.47 Å². The second kappa shape index (κ2) is 9.83. The van der Waals surface area contributed by atoms with E-state index < -0.39 is 0 Å². The fourth-order valence-electron chi connectivity index (χ4n) is 1.45. The Morgan fingerprint density at radius 3 is 2.41 bits per heavy atom. The third-order valence-corrected chi connectivity index (χ3v) is 2.90. The third kappa shape index (κ3) is 9.53. The van der Waals surface area contributed by atoms with Crippen molar-refractivity contribution in [3.05, 3.63) is 0 Å². The summed E-state index contributed by atoms with van der Waals surface area (Å²) >= 11 is 0. The minimum atomic E-state index is -0.152. The van der Waals surface area contributed by atoms with Crippen molar-refractivity contribution in [3.63, 3.8) is 0 Å². The topological polar surface area (TPSA) is 50.7 Å². The molecule has 0 rings (SSSR count). The molecule has 4 heteroatoms. The van der Waals surface area contributed by atoms with Crippen LogP contribution in [0, 0.1) is 0 Å². The van der Waals surface area contributed by atoms with Gasteiger partial charge in [-0.3, -0.25) is 0 Å². The molecule has 0 spiro atoms. The molecule has 1 unspecified atom stereocenters. The summed E-state index contributed by atoms with van der Waals surface area (Å²) in [6, 6.07) is 0. The molecule has 0 aliphatic rings. The predicted molar refractivity (Wildman–Crippen MR) is 70.3 cm³/mol. The summed E-state index contributed by atoms with van der Waals surface area (Å²) in [7, 11) is 1.88. The zero-order valence-electron chi connectivity index (χ0n) is 11.8. The van der Waals surface area contributed by atoms with Gasteiger partial charge in [0.15, 0.2) is 0 Å². The molecule has 0 saturated carbocycles. The van der Waals surface area contributed by atoms with Crippen molar-refractivity contribution in [3.8, 4) is 0 Å². The zero-order chi connectivity index (χ0) is 13.1. The van der Waals surface area contributed by atoms with Crippen LogP contribution in [0.2, 0.25) is 0 Å². The van der Waals surface area contributed by atoms with Crippen LogP contribution in [0.4, 0.5) is 0 Å². The van der Waals surface area contributed by atoms with E-state index in [0.717, 1.165) is 25.9 Å². The largest absolute Gasteiger partial charge is 0.394 e. The van der Waals surface area contributed by atoms with Gasteiger partial charge in [0, 0.05) is 12.1 Å². The average molecular weight is 247 g/mol. The normalized spacial score (nSPS) is 15.2. The molecule has 1 atom stereocenters. The molecule has 0 heterocycles. The van der Waals surface area contributed by atoms with E-state index in [2.05, 4.69) is 5.32 Å². The molecule has 0 aliphatic heterocycles. The Morgan fingerprint density at radius 2 is 1.88 bits per heavy atom. The van der Waals surface area contributed by atoms with Gasteiger partial charge >= 0.3 is 0 Å². The van der Waals surface area contributed by atoms with Crippen LogP contribution in [0.1, 0.15) is 40.0 Å². The van der Waals surface area contributed by atoms with Gasteiger partial charge in [0.25, 0.3) is 0 Å². The molecule has 17 heavy (non-hydrogen) atoms. The number of aliphatic hydroxyl groups is 1. The summed E-state index contributed by atoms with van der Waals surface area (Å²) in [5.41, 5.74) is -0.152. The Bertz CT molecular complexity index is 170. The summed E-state index contributed by atoms with van der Waals surface area (Å²) in [6.07, 6.45) is 3.33. The van der Waals surface area contributed by atoms with E-state index in [-0.39, 0.29) is 18.2 Å². The standard InChI is InChI=1S/C13H29NO3/c1-12(2)17-10-9-16-8-6-5-7-13(3,11-15)14-4/h12,14-15H,5-11H2,1-4H3. The van der Waals surface area contributed by atoms with Gasteiger partial charge < -0.3 is 19.9 Å². The molecule has 0 aromatic heterocycles. The van der Waals surface area contributed by atoms with Crippen molar-refractivity contribution < 1.29 is 14.6 Å². The maximum absolute atomic E-state index is 9.20. The van der Waals surface area contributed by atoms with E-state index in [9.17, 15) is 5.11 Å². The summed E-state index contributed by atoms with van der Waals surface area (Å²) in [4.78, 5) is 0. The molecule has 0 bridgehead atoms. The number of aliphatic hydroxyl groups excluding tert-OH is 1. The minimum Gasteiger partial charge on any atom is -0.394 e. The van der Waals surface area contributed by atoms with Crippen molar-refractivity contribution in [1.82, 2.24) is 5.32 Å². The van der Waals surface area contributed by atoms with Crippen LogP contribution >= 0.6 is 0 Å². The highest BCUT2D eigenvalue weighted by molar-refractivity contribution is 4.79. The maximum Gasteiger partial charge on any atom is 0.0703 e. The van der Waals surface area contributed by atoms with Crippen molar-refractivity contribution >= 4 is 0 Å². The Labute approximate surface area is 106 Å². The maximum atomic E-state index is 9.20. The summed E-state index contributed by atoms with van der Waals surface area (Å²) in [5, 5.41) is 12.3. The second-order valence-electron chi connectivity index (χ2n) is 4.96. The Balaban J connectivity index is 3.29. The predicted octanol–water partition coefficient (Wildman–Crippen LogP) is 1.57. The Hall–Kier alpha value is -0.160. The highest BCUT2D eigenvalue weighted by Gasteiger charge is 2.19. The lowest BCUT2D eigenvalue weighted by atomic mass is 9.96. The molecule has 104 valence electrons. The minimum absolute atomic E-state index is 0.152. The monoisotopic (exact) mass is 247 g/mol. The molecule has 0 aliphatic carbocycles. The number of hydrogen-bond donors (Lipinski definition) is 2. The smallest absolute Gasteiger partial charge is 0.0703 e. The SMILES string of the molecule is CNC(C)(CO)CCCCOCCOC(C)C. The Kier molecular flexibility index (Phi) is 9.74. The first kappa shape index (κ1) is 16.8. The summed E-state index contributed by atoms with van der Waals surface area (Å²) < 4.78 is 10.8. The molecule has 2 N–H and O–H groups in total. The lowest BCUT2D eigenvalue weighted by Gasteiger charge is -2.26. The number of nitrogens with one attached hydrogen (secondary N) is 1. The number of likely N-dealkylation sites (N-methyl/N-ethyl adjacent to an activating group) is 1. The van der Waals surface area contributed by atoms with Crippen LogP contribution < -0.4 is 5.32 Å². The number of unbranched alkanes of at least 4 members (excludes halogenated alkanes) is 1. The number of hydrogen-bond acceptors (Lipinski definition) is 4. The third-order valence-electron chi connectivity index (χ3n) is 2.90. The fourth-order valence-corrected chi connectivity index (χ4v) is 1.45. The van der Waals surface area contributed by atoms with Crippen LogP contribution in [0.15, 0.2) is 0 Å².